The molecule has 26 heavy (non-hydrogen) atoms. The Morgan fingerprint density at radius 3 is 2.46 bits per heavy atom. The molecule has 0 fully saturated rings. The topological polar surface area (TPSA) is 84.0 Å². The Balaban J connectivity index is 1.74. The summed E-state index contributed by atoms with van der Waals surface area (Å²) in [7, 11) is 0. The van der Waals surface area contributed by atoms with E-state index in [9.17, 15) is 9.59 Å². The number of ketones is 1. The summed E-state index contributed by atoms with van der Waals surface area (Å²) in [6.07, 6.45) is 1.30. The van der Waals surface area contributed by atoms with Crippen molar-refractivity contribution in [2.24, 2.45) is 0 Å². The van der Waals surface area contributed by atoms with Crippen molar-refractivity contribution in [3.8, 4) is 0 Å². The molecule has 1 heterocycles. The first-order valence-corrected chi connectivity index (χ1v) is 8.16. The highest BCUT2D eigenvalue weighted by Gasteiger charge is 2.10. The van der Waals surface area contributed by atoms with Gasteiger partial charge in [0.25, 0.3) is 5.91 Å². The number of carbonyl (C=O) groups excluding carboxylic acids is 2. The molecule has 3 rings (SSSR count). The molecule has 2 N–H and O–H groups in total. The maximum atomic E-state index is 12.4. The second kappa shape index (κ2) is 7.76. The minimum atomic E-state index is -0.396. The van der Waals surface area contributed by atoms with E-state index in [1.165, 1.54) is 13.3 Å². The molecule has 0 bridgehead atoms. The van der Waals surface area contributed by atoms with Crippen molar-refractivity contribution in [2.45, 2.75) is 6.92 Å². The van der Waals surface area contributed by atoms with Gasteiger partial charge < -0.3 is 10.6 Å². The van der Waals surface area contributed by atoms with E-state index in [1.807, 2.05) is 0 Å². The van der Waals surface area contributed by atoms with E-state index in [2.05, 4.69) is 20.6 Å². The average molecular weight is 367 g/mol. The Bertz CT molecular complexity index is 958. The third-order valence-electron chi connectivity index (χ3n) is 3.54. The van der Waals surface area contributed by atoms with Gasteiger partial charge in [-0.2, -0.15) is 0 Å². The molecular weight excluding hydrogens is 352 g/mol. The number of Topliss-reactive ketones (excluding diaryl/α,β-unsaturated/α-hetero) is 1. The van der Waals surface area contributed by atoms with Gasteiger partial charge in [0.1, 0.15) is 17.8 Å². The SMILES string of the molecule is CC(=O)c1cccc(NC(=O)c2cc(Nc3ccc(Cl)cc3)ncn2)c1. The van der Waals surface area contributed by atoms with E-state index in [1.54, 1.807) is 54.6 Å². The lowest BCUT2D eigenvalue weighted by molar-refractivity contribution is 0.100. The van der Waals surface area contributed by atoms with Gasteiger partial charge in [-0.1, -0.05) is 23.7 Å². The zero-order chi connectivity index (χ0) is 18.5. The number of amides is 1. The number of aromatic nitrogens is 2. The average Bonchev–Trinajstić information content (AvgIpc) is 2.64. The molecule has 0 atom stereocenters. The predicted octanol–water partition coefficient (Wildman–Crippen LogP) is 4.33. The van der Waals surface area contributed by atoms with Crippen LogP contribution in [-0.2, 0) is 0 Å². The summed E-state index contributed by atoms with van der Waals surface area (Å²) in [5, 5.41) is 6.44. The molecule has 7 heteroatoms. The van der Waals surface area contributed by atoms with Crippen LogP contribution in [0.3, 0.4) is 0 Å². The van der Waals surface area contributed by atoms with Crippen molar-refractivity contribution in [3.05, 3.63) is 77.2 Å². The molecule has 1 aromatic heterocycles. The van der Waals surface area contributed by atoms with Crippen LogP contribution in [0.25, 0.3) is 0 Å². The number of halogens is 1. The van der Waals surface area contributed by atoms with E-state index >= 15 is 0 Å². The summed E-state index contributed by atoms with van der Waals surface area (Å²) in [4.78, 5) is 32.0. The Labute approximate surface area is 155 Å². The molecule has 0 aliphatic rings. The highest BCUT2D eigenvalue weighted by molar-refractivity contribution is 6.30. The normalized spacial score (nSPS) is 10.2. The molecule has 0 aliphatic carbocycles. The zero-order valence-electron chi connectivity index (χ0n) is 13.9. The molecule has 6 nitrogen and oxygen atoms in total. The van der Waals surface area contributed by atoms with E-state index in [0.717, 1.165) is 5.69 Å². The van der Waals surface area contributed by atoms with Crippen LogP contribution in [0.1, 0.15) is 27.8 Å². The van der Waals surface area contributed by atoms with E-state index in [4.69, 9.17) is 11.6 Å². The molecule has 0 radical (unpaired) electrons. The summed E-state index contributed by atoms with van der Waals surface area (Å²) in [5.41, 5.74) is 2.03. The first-order chi connectivity index (χ1) is 12.5. The van der Waals surface area contributed by atoms with Crippen LogP contribution in [0.5, 0.6) is 0 Å². The van der Waals surface area contributed by atoms with Gasteiger partial charge in [-0.3, -0.25) is 9.59 Å². The maximum absolute atomic E-state index is 12.4. The van der Waals surface area contributed by atoms with Crippen LogP contribution in [-0.4, -0.2) is 21.7 Å². The fourth-order valence-corrected chi connectivity index (χ4v) is 2.37. The lowest BCUT2D eigenvalue weighted by atomic mass is 10.1. The summed E-state index contributed by atoms with van der Waals surface area (Å²) in [6, 6.07) is 15.4. The standard InChI is InChI=1S/C19H15ClN4O2/c1-12(25)13-3-2-4-16(9-13)24-19(26)17-10-18(22-11-21-17)23-15-7-5-14(20)6-8-15/h2-11H,1H3,(H,24,26)(H,21,22,23). The number of anilines is 3. The number of hydrogen-bond acceptors (Lipinski definition) is 5. The van der Waals surface area contributed by atoms with Crippen LogP contribution in [0.2, 0.25) is 5.02 Å². The monoisotopic (exact) mass is 366 g/mol. The van der Waals surface area contributed by atoms with Crippen LogP contribution < -0.4 is 10.6 Å². The van der Waals surface area contributed by atoms with Gasteiger partial charge in [-0.05, 0) is 43.3 Å². The van der Waals surface area contributed by atoms with Gasteiger partial charge in [0, 0.05) is 28.0 Å². The highest BCUT2D eigenvalue weighted by Crippen LogP contribution is 2.18. The van der Waals surface area contributed by atoms with Crippen LogP contribution in [0, 0.1) is 0 Å². The van der Waals surface area contributed by atoms with Gasteiger partial charge in [-0.15, -0.1) is 0 Å². The highest BCUT2D eigenvalue weighted by atomic mass is 35.5. The van der Waals surface area contributed by atoms with Crippen molar-refractivity contribution in [1.29, 1.82) is 0 Å². The van der Waals surface area contributed by atoms with Gasteiger partial charge in [0.2, 0.25) is 0 Å². The predicted molar refractivity (Wildman–Crippen MR) is 101 cm³/mol. The molecule has 0 unspecified atom stereocenters. The van der Waals surface area contributed by atoms with E-state index in [0.29, 0.717) is 22.1 Å². The van der Waals surface area contributed by atoms with Crippen LogP contribution in [0.15, 0.2) is 60.9 Å². The molecule has 2 aromatic carbocycles. The first kappa shape index (κ1) is 17.6. The summed E-state index contributed by atoms with van der Waals surface area (Å²) >= 11 is 5.86. The lowest BCUT2D eigenvalue weighted by Crippen LogP contribution is -2.14. The van der Waals surface area contributed by atoms with Gasteiger partial charge >= 0.3 is 0 Å². The second-order valence-corrected chi connectivity index (χ2v) is 5.95. The lowest BCUT2D eigenvalue weighted by Gasteiger charge is -2.08. The number of hydrogen-bond donors (Lipinski definition) is 2. The first-order valence-electron chi connectivity index (χ1n) is 7.78. The van der Waals surface area contributed by atoms with E-state index in [-0.39, 0.29) is 11.5 Å². The molecular formula is C19H15ClN4O2. The summed E-state index contributed by atoms with van der Waals surface area (Å²) in [6.45, 7) is 1.47. The molecule has 0 aliphatic heterocycles. The third-order valence-corrected chi connectivity index (χ3v) is 3.80. The minimum Gasteiger partial charge on any atom is -0.340 e. The fourth-order valence-electron chi connectivity index (χ4n) is 2.24. The zero-order valence-corrected chi connectivity index (χ0v) is 14.6. The number of rotatable bonds is 5. The van der Waals surface area contributed by atoms with Gasteiger partial charge in [-0.25, -0.2) is 9.97 Å². The summed E-state index contributed by atoms with van der Waals surface area (Å²) < 4.78 is 0. The van der Waals surface area contributed by atoms with Crippen molar-refractivity contribution < 1.29 is 9.59 Å². The molecule has 0 saturated carbocycles. The Morgan fingerprint density at radius 2 is 1.73 bits per heavy atom. The maximum Gasteiger partial charge on any atom is 0.274 e. The molecule has 0 saturated heterocycles. The fraction of sp³-hybridized carbons (Fsp3) is 0.0526. The Morgan fingerprint density at radius 1 is 0.962 bits per heavy atom. The van der Waals surface area contributed by atoms with Crippen molar-refractivity contribution >= 4 is 40.5 Å². The third kappa shape index (κ3) is 4.43. The molecule has 3 aromatic rings. The second-order valence-electron chi connectivity index (χ2n) is 5.51. The smallest absolute Gasteiger partial charge is 0.274 e. The van der Waals surface area contributed by atoms with Crippen LogP contribution >= 0.6 is 11.6 Å². The Hall–Kier alpha value is -3.25. The molecule has 1 amide bonds. The Kier molecular flexibility index (Phi) is 5.24. The number of benzene rings is 2. The minimum absolute atomic E-state index is 0.0717. The van der Waals surface area contributed by atoms with Crippen molar-refractivity contribution in [2.75, 3.05) is 10.6 Å². The van der Waals surface area contributed by atoms with Crippen LogP contribution in [0.4, 0.5) is 17.2 Å². The molecule has 0 spiro atoms. The van der Waals surface area contributed by atoms with Gasteiger partial charge in [0.15, 0.2) is 5.78 Å². The quantitative estimate of drug-likeness (QED) is 0.656. The largest absolute Gasteiger partial charge is 0.340 e. The number of nitrogens with one attached hydrogen (secondary N) is 2. The number of carbonyl (C=O) groups is 2. The van der Waals surface area contributed by atoms with E-state index < -0.39 is 5.91 Å². The summed E-state index contributed by atoms with van der Waals surface area (Å²) in [5.74, 6) is 0.00908. The number of nitrogens with zero attached hydrogens (tertiary/aromatic N) is 2. The molecule has 130 valence electrons. The van der Waals surface area contributed by atoms with Crippen molar-refractivity contribution in [1.82, 2.24) is 9.97 Å². The van der Waals surface area contributed by atoms with Crippen molar-refractivity contribution in [3.63, 3.8) is 0 Å². The van der Waals surface area contributed by atoms with Gasteiger partial charge in [0.05, 0.1) is 0 Å².